The van der Waals surface area contributed by atoms with Crippen LogP contribution in [0.4, 0.5) is 0 Å². The maximum atomic E-state index is 13.0. The van der Waals surface area contributed by atoms with Crippen LogP contribution in [0.15, 0.2) is 48.5 Å². The van der Waals surface area contributed by atoms with E-state index in [4.69, 9.17) is 21.1 Å². The van der Waals surface area contributed by atoms with E-state index in [0.29, 0.717) is 29.5 Å². The first kappa shape index (κ1) is 22.6. The van der Waals surface area contributed by atoms with E-state index in [1.54, 1.807) is 48.4 Å². The molecule has 2 amide bonds. The van der Waals surface area contributed by atoms with Gasteiger partial charge in [-0.05, 0) is 55.3 Å². The maximum absolute atomic E-state index is 13.0. The molecule has 6 nitrogen and oxygen atoms in total. The standard InChI is InChI=1S/C22H27ClN2O4/c1-4-20(22(27)24-5-2)25(14-16-6-8-17(23)9-7-16)21(26)15-29-19-12-10-18(28-3)11-13-19/h6-13,20H,4-5,14-15H2,1-3H3,(H,24,27)/t20-/m0/s1. The Morgan fingerprint density at radius 3 is 2.21 bits per heavy atom. The van der Waals surface area contributed by atoms with Gasteiger partial charge in [0.2, 0.25) is 5.91 Å². The third kappa shape index (κ3) is 6.68. The summed E-state index contributed by atoms with van der Waals surface area (Å²) in [6.07, 6.45) is 0.494. The second-order valence-electron chi connectivity index (χ2n) is 6.43. The largest absolute Gasteiger partial charge is 0.497 e. The minimum atomic E-state index is -0.586. The molecular formula is C22H27ClN2O4. The number of benzene rings is 2. The molecule has 0 fully saturated rings. The Kier molecular flexibility index (Phi) is 8.80. The van der Waals surface area contributed by atoms with Crippen LogP contribution < -0.4 is 14.8 Å². The van der Waals surface area contributed by atoms with Gasteiger partial charge in [0.1, 0.15) is 17.5 Å². The molecule has 2 aromatic carbocycles. The van der Waals surface area contributed by atoms with Crippen molar-refractivity contribution in [1.82, 2.24) is 10.2 Å². The van der Waals surface area contributed by atoms with Gasteiger partial charge in [0.05, 0.1) is 7.11 Å². The van der Waals surface area contributed by atoms with Crippen LogP contribution in [0.1, 0.15) is 25.8 Å². The van der Waals surface area contributed by atoms with Gasteiger partial charge in [-0.25, -0.2) is 0 Å². The maximum Gasteiger partial charge on any atom is 0.261 e. The highest BCUT2D eigenvalue weighted by Crippen LogP contribution is 2.18. The van der Waals surface area contributed by atoms with Gasteiger partial charge in [0.15, 0.2) is 6.61 Å². The number of nitrogens with one attached hydrogen (secondary N) is 1. The molecule has 2 aromatic rings. The molecule has 0 saturated heterocycles. The van der Waals surface area contributed by atoms with Crippen molar-refractivity contribution in [2.75, 3.05) is 20.3 Å². The summed E-state index contributed by atoms with van der Waals surface area (Å²) in [5.41, 5.74) is 0.884. The Morgan fingerprint density at radius 1 is 1.03 bits per heavy atom. The molecule has 2 rings (SSSR count). The van der Waals surface area contributed by atoms with Crippen molar-refractivity contribution in [2.24, 2.45) is 0 Å². The highest BCUT2D eigenvalue weighted by molar-refractivity contribution is 6.30. The van der Waals surface area contributed by atoms with Crippen molar-refractivity contribution in [3.05, 3.63) is 59.1 Å². The second kappa shape index (κ2) is 11.3. The fourth-order valence-corrected chi connectivity index (χ4v) is 3.02. The first-order valence-corrected chi connectivity index (χ1v) is 9.94. The van der Waals surface area contributed by atoms with Gasteiger partial charge in [-0.1, -0.05) is 30.7 Å². The molecule has 29 heavy (non-hydrogen) atoms. The number of ether oxygens (including phenoxy) is 2. The van der Waals surface area contributed by atoms with Crippen LogP contribution in [0.2, 0.25) is 5.02 Å². The van der Waals surface area contributed by atoms with Gasteiger partial charge in [-0.3, -0.25) is 9.59 Å². The Hall–Kier alpha value is -2.73. The van der Waals surface area contributed by atoms with Gasteiger partial charge in [0, 0.05) is 18.1 Å². The number of nitrogens with zero attached hydrogens (tertiary/aromatic N) is 1. The normalized spacial score (nSPS) is 11.4. The topological polar surface area (TPSA) is 67.9 Å². The summed E-state index contributed by atoms with van der Waals surface area (Å²) in [5.74, 6) is 0.808. The molecule has 156 valence electrons. The molecule has 0 aliphatic heterocycles. The predicted octanol–water partition coefficient (Wildman–Crippen LogP) is 3.67. The van der Waals surface area contributed by atoms with E-state index in [1.165, 1.54) is 0 Å². The van der Waals surface area contributed by atoms with Crippen LogP contribution in [-0.2, 0) is 16.1 Å². The zero-order chi connectivity index (χ0) is 21.2. The van der Waals surface area contributed by atoms with E-state index in [0.717, 1.165) is 5.56 Å². The van der Waals surface area contributed by atoms with E-state index in [1.807, 2.05) is 26.0 Å². The first-order valence-electron chi connectivity index (χ1n) is 9.56. The van der Waals surface area contributed by atoms with E-state index in [2.05, 4.69) is 5.32 Å². The Balaban J connectivity index is 2.15. The average Bonchev–Trinajstić information content (AvgIpc) is 2.73. The lowest BCUT2D eigenvalue weighted by atomic mass is 10.1. The van der Waals surface area contributed by atoms with Crippen molar-refractivity contribution in [2.45, 2.75) is 32.9 Å². The van der Waals surface area contributed by atoms with Crippen LogP contribution >= 0.6 is 11.6 Å². The molecule has 0 heterocycles. The number of carbonyl (C=O) groups excluding carboxylic acids is 2. The fourth-order valence-electron chi connectivity index (χ4n) is 2.90. The summed E-state index contributed by atoms with van der Waals surface area (Å²) >= 11 is 5.96. The number of rotatable bonds is 10. The van der Waals surface area contributed by atoms with Gasteiger partial charge >= 0.3 is 0 Å². The smallest absolute Gasteiger partial charge is 0.261 e. The molecule has 0 aliphatic carbocycles. The van der Waals surface area contributed by atoms with Crippen molar-refractivity contribution < 1.29 is 19.1 Å². The summed E-state index contributed by atoms with van der Waals surface area (Å²) in [6, 6.07) is 13.6. The van der Waals surface area contributed by atoms with Crippen LogP contribution in [0.25, 0.3) is 0 Å². The number of methoxy groups -OCH3 is 1. The number of hydrogen-bond donors (Lipinski definition) is 1. The van der Waals surface area contributed by atoms with Crippen LogP contribution in [0.3, 0.4) is 0 Å². The zero-order valence-electron chi connectivity index (χ0n) is 17.0. The number of carbonyl (C=O) groups is 2. The molecule has 0 bridgehead atoms. The van der Waals surface area contributed by atoms with Gasteiger partial charge in [0.25, 0.3) is 5.91 Å². The SMILES string of the molecule is CCNC(=O)[C@H](CC)N(Cc1ccc(Cl)cc1)C(=O)COc1ccc(OC)cc1. The summed E-state index contributed by atoms with van der Waals surface area (Å²) in [4.78, 5) is 27.1. The van der Waals surface area contributed by atoms with Gasteiger partial charge in [-0.15, -0.1) is 0 Å². The summed E-state index contributed by atoms with van der Waals surface area (Å²) < 4.78 is 10.8. The quantitative estimate of drug-likeness (QED) is 0.639. The van der Waals surface area contributed by atoms with E-state index in [-0.39, 0.29) is 25.0 Å². The summed E-state index contributed by atoms with van der Waals surface area (Å²) in [5, 5.41) is 3.42. The third-order valence-electron chi connectivity index (χ3n) is 4.42. The van der Waals surface area contributed by atoms with Gasteiger partial charge < -0.3 is 19.7 Å². The van der Waals surface area contributed by atoms with Crippen molar-refractivity contribution in [3.8, 4) is 11.5 Å². The number of likely N-dealkylation sites (N-methyl/N-ethyl adjacent to an activating group) is 1. The van der Waals surface area contributed by atoms with Crippen LogP contribution in [0, 0.1) is 0 Å². The highest BCUT2D eigenvalue weighted by Gasteiger charge is 2.28. The van der Waals surface area contributed by atoms with Crippen molar-refractivity contribution in [3.63, 3.8) is 0 Å². The molecule has 1 atom stereocenters. The lowest BCUT2D eigenvalue weighted by Gasteiger charge is -2.30. The Bertz CT molecular complexity index is 793. The van der Waals surface area contributed by atoms with E-state index >= 15 is 0 Å². The molecule has 0 radical (unpaired) electrons. The van der Waals surface area contributed by atoms with Crippen LogP contribution in [-0.4, -0.2) is 43.0 Å². The van der Waals surface area contributed by atoms with E-state index < -0.39 is 6.04 Å². The number of halogens is 1. The fraction of sp³-hybridized carbons (Fsp3) is 0.364. The third-order valence-corrected chi connectivity index (χ3v) is 4.68. The molecule has 0 unspecified atom stereocenters. The molecule has 1 N–H and O–H groups in total. The monoisotopic (exact) mass is 418 g/mol. The molecular weight excluding hydrogens is 392 g/mol. The van der Waals surface area contributed by atoms with Crippen molar-refractivity contribution >= 4 is 23.4 Å². The van der Waals surface area contributed by atoms with Crippen LogP contribution in [0.5, 0.6) is 11.5 Å². The molecule has 0 spiro atoms. The lowest BCUT2D eigenvalue weighted by molar-refractivity contribution is -0.142. The number of hydrogen-bond acceptors (Lipinski definition) is 4. The Labute approximate surface area is 176 Å². The molecule has 0 saturated carbocycles. The minimum absolute atomic E-state index is 0.171. The first-order chi connectivity index (χ1) is 14.0. The minimum Gasteiger partial charge on any atom is -0.497 e. The lowest BCUT2D eigenvalue weighted by Crippen LogP contribution is -2.50. The highest BCUT2D eigenvalue weighted by atomic mass is 35.5. The summed E-state index contributed by atoms with van der Waals surface area (Å²) in [7, 11) is 1.58. The van der Waals surface area contributed by atoms with Crippen molar-refractivity contribution in [1.29, 1.82) is 0 Å². The zero-order valence-corrected chi connectivity index (χ0v) is 17.7. The summed E-state index contributed by atoms with van der Waals surface area (Å²) in [6.45, 7) is 4.35. The second-order valence-corrected chi connectivity index (χ2v) is 6.87. The molecule has 0 aliphatic rings. The predicted molar refractivity (Wildman–Crippen MR) is 113 cm³/mol. The Morgan fingerprint density at radius 2 is 1.66 bits per heavy atom. The average molecular weight is 419 g/mol. The van der Waals surface area contributed by atoms with Gasteiger partial charge in [-0.2, -0.15) is 0 Å². The van der Waals surface area contributed by atoms with E-state index in [9.17, 15) is 9.59 Å². The molecule has 7 heteroatoms. The number of amides is 2. The molecule has 0 aromatic heterocycles.